The van der Waals surface area contributed by atoms with Gasteiger partial charge in [-0.25, -0.2) is 0 Å². The summed E-state index contributed by atoms with van der Waals surface area (Å²) in [5.74, 6) is 0.869. The highest BCUT2D eigenvalue weighted by molar-refractivity contribution is 8.00. The minimum atomic E-state index is -0.736. The standard InChI is InChI=1S/C20H24N2O4S/c1-13-6-5-7-18(14(13)2)26-15(3)20(24)22-21-19(23)12-27-17-10-8-16(25-4)9-11-17/h5-11,15H,12H2,1-4H3,(H,21,23)(H,22,24)/t15-/m1/s1. The summed E-state index contributed by atoms with van der Waals surface area (Å²) in [7, 11) is 1.60. The van der Waals surface area contributed by atoms with Crippen molar-refractivity contribution in [2.24, 2.45) is 0 Å². The van der Waals surface area contributed by atoms with E-state index < -0.39 is 12.0 Å². The van der Waals surface area contributed by atoms with E-state index in [0.717, 1.165) is 21.8 Å². The molecule has 0 spiro atoms. The highest BCUT2D eigenvalue weighted by Gasteiger charge is 2.16. The van der Waals surface area contributed by atoms with Crippen LogP contribution in [0.4, 0.5) is 0 Å². The third-order valence-corrected chi connectivity index (χ3v) is 4.99. The van der Waals surface area contributed by atoms with Gasteiger partial charge in [0.2, 0.25) is 5.91 Å². The molecule has 2 aromatic rings. The Balaban J connectivity index is 1.76. The number of methoxy groups -OCH3 is 1. The van der Waals surface area contributed by atoms with Gasteiger partial charge in [0.1, 0.15) is 11.5 Å². The Labute approximate surface area is 163 Å². The Bertz CT molecular complexity index is 793. The average Bonchev–Trinajstić information content (AvgIpc) is 2.68. The van der Waals surface area contributed by atoms with E-state index in [9.17, 15) is 9.59 Å². The van der Waals surface area contributed by atoms with Crippen LogP contribution in [-0.2, 0) is 9.59 Å². The summed E-state index contributed by atoms with van der Waals surface area (Å²) in [5, 5.41) is 0. The Kier molecular flexibility index (Phi) is 7.55. The van der Waals surface area contributed by atoms with Gasteiger partial charge < -0.3 is 9.47 Å². The van der Waals surface area contributed by atoms with Crippen LogP contribution in [0.15, 0.2) is 47.4 Å². The van der Waals surface area contributed by atoms with E-state index in [2.05, 4.69) is 10.9 Å². The molecule has 2 aromatic carbocycles. The first-order valence-electron chi connectivity index (χ1n) is 8.49. The topological polar surface area (TPSA) is 76.7 Å². The van der Waals surface area contributed by atoms with Crippen LogP contribution in [0.1, 0.15) is 18.1 Å². The summed E-state index contributed by atoms with van der Waals surface area (Å²) < 4.78 is 10.8. The molecule has 0 unspecified atom stereocenters. The van der Waals surface area contributed by atoms with E-state index >= 15 is 0 Å². The van der Waals surface area contributed by atoms with Crippen LogP contribution < -0.4 is 20.3 Å². The second-order valence-corrected chi connectivity index (χ2v) is 7.01. The molecule has 2 amide bonds. The number of carbonyl (C=O) groups is 2. The fraction of sp³-hybridized carbons (Fsp3) is 0.300. The molecule has 0 aliphatic rings. The average molecular weight is 388 g/mol. The summed E-state index contributed by atoms with van der Waals surface area (Å²) in [6, 6.07) is 13.1. The van der Waals surface area contributed by atoms with E-state index in [1.54, 1.807) is 14.0 Å². The quantitative estimate of drug-likeness (QED) is 0.563. The van der Waals surface area contributed by atoms with Gasteiger partial charge >= 0.3 is 0 Å². The van der Waals surface area contributed by atoms with Gasteiger partial charge in [-0.1, -0.05) is 12.1 Å². The molecule has 0 bridgehead atoms. The van der Waals surface area contributed by atoms with Gasteiger partial charge in [0.15, 0.2) is 6.10 Å². The first kappa shape index (κ1) is 20.6. The second-order valence-electron chi connectivity index (χ2n) is 5.96. The molecule has 1 atom stereocenters. The zero-order valence-electron chi connectivity index (χ0n) is 15.9. The van der Waals surface area contributed by atoms with Crippen molar-refractivity contribution in [3.63, 3.8) is 0 Å². The zero-order valence-corrected chi connectivity index (χ0v) is 16.7. The molecule has 0 fully saturated rings. The summed E-state index contributed by atoms with van der Waals surface area (Å²) >= 11 is 1.36. The molecule has 27 heavy (non-hydrogen) atoms. The maximum atomic E-state index is 12.1. The van der Waals surface area contributed by atoms with Crippen LogP contribution in [0.5, 0.6) is 11.5 Å². The first-order valence-corrected chi connectivity index (χ1v) is 9.47. The van der Waals surface area contributed by atoms with Crippen LogP contribution in [0.2, 0.25) is 0 Å². The normalized spacial score (nSPS) is 11.4. The fourth-order valence-corrected chi connectivity index (χ4v) is 2.88. The minimum Gasteiger partial charge on any atom is -0.497 e. The van der Waals surface area contributed by atoms with E-state index in [0.29, 0.717) is 5.75 Å². The Hall–Kier alpha value is -2.67. The zero-order chi connectivity index (χ0) is 19.8. The molecular weight excluding hydrogens is 364 g/mol. The van der Waals surface area contributed by atoms with Crippen LogP contribution >= 0.6 is 11.8 Å². The van der Waals surface area contributed by atoms with Crippen molar-refractivity contribution in [3.8, 4) is 11.5 Å². The number of benzene rings is 2. The van der Waals surface area contributed by atoms with E-state index in [1.165, 1.54) is 11.8 Å². The highest BCUT2D eigenvalue weighted by atomic mass is 32.2. The number of nitrogens with one attached hydrogen (secondary N) is 2. The molecule has 6 nitrogen and oxygen atoms in total. The Morgan fingerprint density at radius 2 is 1.78 bits per heavy atom. The number of aryl methyl sites for hydroxylation is 1. The van der Waals surface area contributed by atoms with Crippen molar-refractivity contribution >= 4 is 23.6 Å². The number of ether oxygens (including phenoxy) is 2. The smallest absolute Gasteiger partial charge is 0.279 e. The monoisotopic (exact) mass is 388 g/mol. The molecule has 0 heterocycles. The van der Waals surface area contributed by atoms with Crippen molar-refractivity contribution in [1.29, 1.82) is 0 Å². The van der Waals surface area contributed by atoms with Crippen molar-refractivity contribution in [2.45, 2.75) is 31.8 Å². The van der Waals surface area contributed by atoms with Crippen molar-refractivity contribution in [2.75, 3.05) is 12.9 Å². The van der Waals surface area contributed by atoms with Crippen LogP contribution in [0, 0.1) is 13.8 Å². The molecular formula is C20H24N2O4S. The second kappa shape index (κ2) is 9.87. The predicted molar refractivity (Wildman–Crippen MR) is 106 cm³/mol. The molecule has 0 radical (unpaired) electrons. The number of hydrazine groups is 1. The Morgan fingerprint density at radius 1 is 1.07 bits per heavy atom. The number of carbonyl (C=O) groups excluding carboxylic acids is 2. The fourth-order valence-electron chi connectivity index (χ4n) is 2.19. The molecule has 0 aliphatic carbocycles. The van der Waals surface area contributed by atoms with Gasteiger partial charge in [-0.15, -0.1) is 11.8 Å². The lowest BCUT2D eigenvalue weighted by molar-refractivity contribution is -0.131. The van der Waals surface area contributed by atoms with Crippen molar-refractivity contribution < 1.29 is 19.1 Å². The lowest BCUT2D eigenvalue weighted by Crippen LogP contribution is -2.47. The van der Waals surface area contributed by atoms with Gasteiger partial charge in [0.25, 0.3) is 5.91 Å². The number of rotatable bonds is 7. The molecule has 144 valence electrons. The number of hydrogen-bond acceptors (Lipinski definition) is 5. The third-order valence-electron chi connectivity index (χ3n) is 3.98. The number of amides is 2. The molecule has 2 N–H and O–H groups in total. The van der Waals surface area contributed by atoms with E-state index in [1.807, 2.05) is 56.3 Å². The largest absolute Gasteiger partial charge is 0.497 e. The Morgan fingerprint density at radius 3 is 2.44 bits per heavy atom. The summed E-state index contributed by atoms with van der Waals surface area (Å²) in [6.45, 7) is 5.55. The van der Waals surface area contributed by atoms with Crippen LogP contribution in [0.3, 0.4) is 0 Å². The van der Waals surface area contributed by atoms with Crippen molar-refractivity contribution in [3.05, 3.63) is 53.6 Å². The highest BCUT2D eigenvalue weighted by Crippen LogP contribution is 2.22. The third kappa shape index (κ3) is 6.21. The minimum absolute atomic E-state index is 0.179. The first-order chi connectivity index (χ1) is 12.9. The summed E-state index contributed by atoms with van der Waals surface area (Å²) in [5.41, 5.74) is 6.87. The molecule has 0 aromatic heterocycles. The maximum absolute atomic E-state index is 12.1. The SMILES string of the molecule is COc1ccc(SCC(=O)NNC(=O)[C@@H](C)Oc2cccc(C)c2C)cc1. The summed E-state index contributed by atoms with van der Waals surface area (Å²) in [6.07, 6.45) is -0.736. The molecule has 0 saturated heterocycles. The maximum Gasteiger partial charge on any atom is 0.279 e. The number of hydrogen-bond donors (Lipinski definition) is 2. The van der Waals surface area contributed by atoms with Gasteiger partial charge in [-0.3, -0.25) is 20.4 Å². The van der Waals surface area contributed by atoms with Gasteiger partial charge in [-0.2, -0.15) is 0 Å². The van der Waals surface area contributed by atoms with Gasteiger partial charge in [-0.05, 0) is 62.2 Å². The lowest BCUT2D eigenvalue weighted by Gasteiger charge is -2.17. The molecule has 7 heteroatoms. The van der Waals surface area contributed by atoms with E-state index in [4.69, 9.17) is 9.47 Å². The molecule has 0 aliphatic heterocycles. The lowest BCUT2D eigenvalue weighted by atomic mass is 10.1. The van der Waals surface area contributed by atoms with Gasteiger partial charge in [0, 0.05) is 4.90 Å². The predicted octanol–water partition coefficient (Wildman–Crippen LogP) is 3.02. The van der Waals surface area contributed by atoms with Crippen LogP contribution in [-0.4, -0.2) is 30.8 Å². The van der Waals surface area contributed by atoms with Crippen LogP contribution in [0.25, 0.3) is 0 Å². The number of thioether (sulfide) groups is 1. The van der Waals surface area contributed by atoms with Crippen molar-refractivity contribution in [1.82, 2.24) is 10.9 Å². The molecule has 2 rings (SSSR count). The molecule has 0 saturated carbocycles. The summed E-state index contributed by atoms with van der Waals surface area (Å²) in [4.78, 5) is 25.0. The van der Waals surface area contributed by atoms with Gasteiger partial charge in [0.05, 0.1) is 12.9 Å². The van der Waals surface area contributed by atoms with E-state index in [-0.39, 0.29) is 11.7 Å².